The second-order valence-electron chi connectivity index (χ2n) is 6.06. The lowest BCUT2D eigenvalue weighted by atomic mass is 9.93. The van der Waals surface area contributed by atoms with E-state index in [4.69, 9.17) is 0 Å². The molecule has 1 aromatic carbocycles. The maximum absolute atomic E-state index is 12.0. The molecule has 2 atom stereocenters. The first-order valence-electron chi connectivity index (χ1n) is 7.41. The number of nitro groups is 1. The van der Waals surface area contributed by atoms with Crippen LogP contribution in [0.25, 0.3) is 0 Å². The van der Waals surface area contributed by atoms with Crippen molar-refractivity contribution in [3.05, 3.63) is 39.9 Å². The molecule has 0 N–H and O–H groups in total. The minimum absolute atomic E-state index is 0.0250. The Labute approximate surface area is 131 Å². The van der Waals surface area contributed by atoms with Crippen LogP contribution in [0.3, 0.4) is 0 Å². The Morgan fingerprint density at radius 1 is 1.32 bits per heavy atom. The molecule has 0 saturated heterocycles. The Morgan fingerprint density at radius 2 is 2.00 bits per heavy atom. The third-order valence-electron chi connectivity index (χ3n) is 4.34. The Balaban J connectivity index is 2.15. The zero-order valence-electron chi connectivity index (χ0n) is 12.9. The summed E-state index contributed by atoms with van der Waals surface area (Å²) in [7, 11) is -1.19. The normalized spacial score (nSPS) is 22.7. The van der Waals surface area contributed by atoms with Crippen molar-refractivity contribution in [2.75, 3.05) is 13.3 Å². The van der Waals surface area contributed by atoms with Crippen molar-refractivity contribution in [3.63, 3.8) is 0 Å². The molecule has 0 spiro atoms. The van der Waals surface area contributed by atoms with E-state index in [0.29, 0.717) is 13.0 Å². The smallest absolute Gasteiger partial charge is 0.269 e. The summed E-state index contributed by atoms with van der Waals surface area (Å²) in [6.07, 6.45) is 4.82. The standard InChI is InChI=1S/C15H22N2O4S/c1-16(11-12-6-5-7-13(10-12)17(18)19)14-8-3-4-9-15(14)22(2,20)21/h5-7,10,14-15H,3-4,8-9,11H2,1-2H3/t14-,15+/m0/s1. The molecule has 0 amide bonds. The van der Waals surface area contributed by atoms with Crippen LogP contribution in [0.2, 0.25) is 0 Å². The lowest BCUT2D eigenvalue weighted by molar-refractivity contribution is -0.384. The van der Waals surface area contributed by atoms with Crippen LogP contribution in [0, 0.1) is 10.1 Å². The molecule has 122 valence electrons. The number of rotatable bonds is 5. The number of non-ortho nitro benzene ring substituents is 1. The fourth-order valence-corrected chi connectivity index (χ4v) is 4.76. The molecule has 1 aliphatic carbocycles. The minimum Gasteiger partial charge on any atom is -0.298 e. The van der Waals surface area contributed by atoms with Crippen molar-refractivity contribution in [2.24, 2.45) is 0 Å². The van der Waals surface area contributed by atoms with Gasteiger partial charge >= 0.3 is 0 Å². The molecule has 1 aromatic rings. The molecular weight excluding hydrogens is 304 g/mol. The van der Waals surface area contributed by atoms with Crippen LogP contribution >= 0.6 is 0 Å². The molecule has 0 radical (unpaired) electrons. The third-order valence-corrected chi connectivity index (χ3v) is 5.99. The van der Waals surface area contributed by atoms with Crippen LogP contribution in [0.4, 0.5) is 5.69 Å². The second kappa shape index (κ2) is 6.75. The van der Waals surface area contributed by atoms with Gasteiger partial charge in [0.15, 0.2) is 9.84 Å². The van der Waals surface area contributed by atoms with Crippen LogP contribution in [-0.2, 0) is 16.4 Å². The highest BCUT2D eigenvalue weighted by molar-refractivity contribution is 7.91. The maximum Gasteiger partial charge on any atom is 0.269 e. The van der Waals surface area contributed by atoms with Crippen molar-refractivity contribution in [2.45, 2.75) is 43.5 Å². The molecule has 6 nitrogen and oxygen atoms in total. The van der Waals surface area contributed by atoms with E-state index >= 15 is 0 Å². The quantitative estimate of drug-likeness (QED) is 0.613. The molecule has 1 saturated carbocycles. The maximum atomic E-state index is 12.0. The number of hydrogen-bond acceptors (Lipinski definition) is 5. The van der Waals surface area contributed by atoms with Crippen molar-refractivity contribution in [1.29, 1.82) is 0 Å². The Bertz CT molecular complexity index is 645. The van der Waals surface area contributed by atoms with Gasteiger partial charge in [-0.1, -0.05) is 25.0 Å². The largest absolute Gasteiger partial charge is 0.298 e. The van der Waals surface area contributed by atoms with Gasteiger partial charge in [0.1, 0.15) is 0 Å². The summed E-state index contributed by atoms with van der Waals surface area (Å²) in [5.74, 6) is 0. The van der Waals surface area contributed by atoms with E-state index in [1.54, 1.807) is 12.1 Å². The Morgan fingerprint density at radius 3 is 2.64 bits per heavy atom. The molecule has 22 heavy (non-hydrogen) atoms. The van der Waals surface area contributed by atoms with Gasteiger partial charge in [-0.15, -0.1) is 0 Å². The molecule has 2 rings (SSSR count). The summed E-state index contributed by atoms with van der Waals surface area (Å²) in [6.45, 7) is 0.512. The molecule has 0 aliphatic heterocycles. The molecule has 0 unspecified atom stereocenters. The lowest BCUT2D eigenvalue weighted by Crippen LogP contribution is -2.46. The summed E-state index contributed by atoms with van der Waals surface area (Å²) < 4.78 is 24.0. The number of benzene rings is 1. The van der Waals surface area contributed by atoms with Crippen LogP contribution in [0.5, 0.6) is 0 Å². The van der Waals surface area contributed by atoms with Gasteiger partial charge in [0.05, 0.1) is 10.2 Å². The average Bonchev–Trinajstić information content (AvgIpc) is 2.46. The summed E-state index contributed by atoms with van der Waals surface area (Å²) in [6, 6.07) is 6.49. The van der Waals surface area contributed by atoms with E-state index in [9.17, 15) is 18.5 Å². The monoisotopic (exact) mass is 326 g/mol. The zero-order valence-corrected chi connectivity index (χ0v) is 13.8. The first kappa shape index (κ1) is 16.9. The zero-order chi connectivity index (χ0) is 16.3. The van der Waals surface area contributed by atoms with Crippen LogP contribution in [0.1, 0.15) is 31.2 Å². The predicted octanol–water partition coefficient (Wildman–Crippen LogP) is 2.38. The SMILES string of the molecule is CN(Cc1cccc([N+](=O)[O-])c1)[C@H]1CCCC[C@H]1S(C)(=O)=O. The van der Waals surface area contributed by atoms with Crippen molar-refractivity contribution in [3.8, 4) is 0 Å². The van der Waals surface area contributed by atoms with Crippen molar-refractivity contribution < 1.29 is 13.3 Å². The summed E-state index contributed by atoms with van der Waals surface area (Å²) in [5, 5.41) is 10.5. The Hall–Kier alpha value is -1.47. The van der Waals surface area contributed by atoms with Crippen LogP contribution in [-0.4, -0.2) is 42.8 Å². The molecule has 0 aromatic heterocycles. The van der Waals surface area contributed by atoms with Crippen LogP contribution < -0.4 is 0 Å². The first-order valence-corrected chi connectivity index (χ1v) is 9.37. The van der Waals surface area contributed by atoms with Gasteiger partial charge in [0, 0.05) is 31.0 Å². The molecule has 1 fully saturated rings. The lowest BCUT2D eigenvalue weighted by Gasteiger charge is -2.37. The number of hydrogen-bond donors (Lipinski definition) is 0. The highest BCUT2D eigenvalue weighted by Crippen LogP contribution is 2.28. The number of nitrogens with zero attached hydrogens (tertiary/aromatic N) is 2. The van der Waals surface area contributed by atoms with Crippen molar-refractivity contribution in [1.82, 2.24) is 4.90 Å². The van der Waals surface area contributed by atoms with Gasteiger partial charge in [0.2, 0.25) is 0 Å². The highest BCUT2D eigenvalue weighted by Gasteiger charge is 2.35. The molecular formula is C15H22N2O4S. The van der Waals surface area contributed by atoms with Gasteiger partial charge in [-0.25, -0.2) is 8.42 Å². The van der Waals surface area contributed by atoms with Gasteiger partial charge in [-0.2, -0.15) is 0 Å². The summed E-state index contributed by atoms with van der Waals surface area (Å²) in [5.41, 5.74) is 0.892. The molecule has 7 heteroatoms. The third kappa shape index (κ3) is 4.04. The second-order valence-corrected chi connectivity index (χ2v) is 8.33. The molecule has 0 heterocycles. The summed E-state index contributed by atoms with van der Waals surface area (Å²) in [4.78, 5) is 12.4. The summed E-state index contributed by atoms with van der Waals surface area (Å²) >= 11 is 0. The van der Waals surface area contributed by atoms with Crippen LogP contribution in [0.15, 0.2) is 24.3 Å². The van der Waals surface area contributed by atoms with E-state index < -0.39 is 14.8 Å². The van der Waals surface area contributed by atoms with E-state index in [1.165, 1.54) is 12.3 Å². The van der Waals surface area contributed by atoms with E-state index in [-0.39, 0.29) is 17.0 Å². The molecule has 0 bridgehead atoms. The number of sulfone groups is 1. The minimum atomic E-state index is -3.08. The average molecular weight is 326 g/mol. The van der Waals surface area contributed by atoms with E-state index in [2.05, 4.69) is 0 Å². The first-order chi connectivity index (χ1) is 10.3. The van der Waals surface area contributed by atoms with Gasteiger partial charge < -0.3 is 0 Å². The van der Waals surface area contributed by atoms with Crippen molar-refractivity contribution >= 4 is 15.5 Å². The fourth-order valence-electron chi connectivity index (χ4n) is 3.25. The Kier molecular flexibility index (Phi) is 5.18. The highest BCUT2D eigenvalue weighted by atomic mass is 32.2. The predicted molar refractivity (Wildman–Crippen MR) is 85.5 cm³/mol. The molecule has 1 aliphatic rings. The van der Waals surface area contributed by atoms with Gasteiger partial charge in [0.25, 0.3) is 5.69 Å². The van der Waals surface area contributed by atoms with E-state index in [1.807, 2.05) is 18.0 Å². The topological polar surface area (TPSA) is 80.5 Å². The van der Waals surface area contributed by atoms with Gasteiger partial charge in [-0.3, -0.25) is 15.0 Å². The number of nitro benzene ring substituents is 1. The van der Waals surface area contributed by atoms with E-state index in [0.717, 1.165) is 24.8 Å². The fraction of sp³-hybridized carbons (Fsp3) is 0.600. The van der Waals surface area contributed by atoms with Gasteiger partial charge in [-0.05, 0) is 25.5 Å².